The van der Waals surface area contributed by atoms with Gasteiger partial charge in [-0.3, -0.25) is 0 Å². The number of rotatable bonds is 4. The van der Waals surface area contributed by atoms with Crippen LogP contribution >= 0.6 is 11.3 Å². The normalized spacial score (nSPS) is 27.6. The number of aromatic carboxylic acids is 1. The molecular weight excluding hydrogens is 286 g/mol. The lowest BCUT2D eigenvalue weighted by atomic mass is 9.98. The summed E-state index contributed by atoms with van der Waals surface area (Å²) >= 11 is 0.925. The summed E-state index contributed by atoms with van der Waals surface area (Å²) in [6.45, 7) is 4.13. The molecule has 0 aliphatic heterocycles. The van der Waals surface area contributed by atoms with Crippen LogP contribution in [0.1, 0.15) is 36.4 Å². The van der Waals surface area contributed by atoms with Gasteiger partial charge in [0, 0.05) is 6.04 Å². The van der Waals surface area contributed by atoms with Crippen LogP contribution < -0.4 is 4.72 Å². The Kier molecular flexibility index (Phi) is 3.98. The second-order valence-electron chi connectivity index (χ2n) is 5.06. The van der Waals surface area contributed by atoms with Gasteiger partial charge in [-0.25, -0.2) is 17.9 Å². The average Bonchev–Trinajstić information content (AvgIpc) is 2.91. The first-order valence-electron chi connectivity index (χ1n) is 6.16. The van der Waals surface area contributed by atoms with Gasteiger partial charge in [0.1, 0.15) is 9.77 Å². The van der Waals surface area contributed by atoms with Crippen molar-refractivity contribution >= 4 is 27.3 Å². The summed E-state index contributed by atoms with van der Waals surface area (Å²) in [6, 6.07) is 1.24. The van der Waals surface area contributed by atoms with E-state index < -0.39 is 16.0 Å². The second-order valence-corrected chi connectivity index (χ2v) is 7.66. The van der Waals surface area contributed by atoms with Crippen molar-refractivity contribution in [2.45, 2.75) is 37.6 Å². The van der Waals surface area contributed by atoms with E-state index in [-0.39, 0.29) is 21.7 Å². The zero-order chi connectivity index (χ0) is 14.2. The van der Waals surface area contributed by atoms with Gasteiger partial charge < -0.3 is 5.11 Å². The first-order valence-corrected chi connectivity index (χ1v) is 8.52. The van der Waals surface area contributed by atoms with Gasteiger partial charge in [-0.05, 0) is 36.1 Å². The lowest BCUT2D eigenvalue weighted by molar-refractivity contribution is 0.0698. The summed E-state index contributed by atoms with van der Waals surface area (Å²) in [6.07, 6.45) is 1.79. The van der Waals surface area contributed by atoms with Crippen LogP contribution in [-0.4, -0.2) is 25.5 Å². The molecule has 1 aromatic rings. The van der Waals surface area contributed by atoms with Crippen molar-refractivity contribution < 1.29 is 18.3 Å². The molecule has 1 saturated carbocycles. The molecule has 1 aliphatic rings. The largest absolute Gasteiger partial charge is 0.477 e. The van der Waals surface area contributed by atoms with Crippen molar-refractivity contribution in [1.29, 1.82) is 0 Å². The molecule has 19 heavy (non-hydrogen) atoms. The van der Waals surface area contributed by atoms with Crippen LogP contribution in [0.4, 0.5) is 0 Å². The molecule has 3 atom stereocenters. The van der Waals surface area contributed by atoms with Gasteiger partial charge in [0.05, 0.1) is 0 Å². The topological polar surface area (TPSA) is 83.5 Å². The van der Waals surface area contributed by atoms with Crippen molar-refractivity contribution in [2.24, 2.45) is 11.8 Å². The predicted octanol–water partition coefficient (Wildman–Crippen LogP) is 2.16. The highest BCUT2D eigenvalue weighted by Crippen LogP contribution is 2.32. The van der Waals surface area contributed by atoms with Crippen molar-refractivity contribution in [3.63, 3.8) is 0 Å². The summed E-state index contributed by atoms with van der Waals surface area (Å²) in [5.41, 5.74) is 0. The fourth-order valence-corrected chi connectivity index (χ4v) is 5.08. The van der Waals surface area contributed by atoms with Gasteiger partial charge in [0.15, 0.2) is 0 Å². The van der Waals surface area contributed by atoms with E-state index in [2.05, 4.69) is 11.6 Å². The van der Waals surface area contributed by atoms with Crippen LogP contribution in [0.15, 0.2) is 16.3 Å². The summed E-state index contributed by atoms with van der Waals surface area (Å²) in [4.78, 5) is 10.7. The van der Waals surface area contributed by atoms with E-state index in [9.17, 15) is 13.2 Å². The van der Waals surface area contributed by atoms with Crippen molar-refractivity contribution in [2.75, 3.05) is 0 Å². The number of carbonyl (C=O) groups is 1. The third-order valence-electron chi connectivity index (χ3n) is 3.88. The van der Waals surface area contributed by atoms with E-state index in [0.717, 1.165) is 24.2 Å². The highest BCUT2D eigenvalue weighted by Gasteiger charge is 2.34. The molecule has 0 amide bonds. The predicted molar refractivity (Wildman–Crippen MR) is 72.9 cm³/mol. The Morgan fingerprint density at radius 3 is 2.63 bits per heavy atom. The van der Waals surface area contributed by atoms with Crippen LogP contribution in [0.25, 0.3) is 0 Å². The molecule has 106 valence electrons. The van der Waals surface area contributed by atoms with Gasteiger partial charge in [0.2, 0.25) is 10.0 Å². The number of carboxylic acids is 1. The lowest BCUT2D eigenvalue weighted by Gasteiger charge is -2.19. The third-order valence-corrected chi connectivity index (χ3v) is 6.45. The highest BCUT2D eigenvalue weighted by atomic mass is 32.2. The van der Waals surface area contributed by atoms with Gasteiger partial charge in [-0.1, -0.05) is 13.8 Å². The van der Waals surface area contributed by atoms with Crippen molar-refractivity contribution in [1.82, 2.24) is 4.72 Å². The number of thiophene rings is 1. The summed E-state index contributed by atoms with van der Waals surface area (Å²) in [7, 11) is -3.75. The Morgan fingerprint density at radius 2 is 2.11 bits per heavy atom. The zero-order valence-electron chi connectivity index (χ0n) is 10.8. The molecule has 1 aliphatic carbocycles. The van der Waals surface area contributed by atoms with Crippen molar-refractivity contribution in [3.8, 4) is 0 Å². The fourth-order valence-electron chi connectivity index (χ4n) is 2.46. The molecule has 0 bridgehead atoms. The van der Waals surface area contributed by atoms with Gasteiger partial charge in [-0.2, -0.15) is 0 Å². The van der Waals surface area contributed by atoms with Crippen LogP contribution in [0.2, 0.25) is 0 Å². The molecule has 0 spiro atoms. The summed E-state index contributed by atoms with van der Waals surface area (Å²) in [5, 5.41) is 10.5. The molecule has 0 saturated heterocycles. The maximum atomic E-state index is 12.3. The SMILES string of the molecule is CC1CCC(NS(=O)(=O)c2ccsc2C(=O)O)C1C. The Balaban J connectivity index is 2.24. The summed E-state index contributed by atoms with van der Waals surface area (Å²) in [5.74, 6) is -0.459. The van der Waals surface area contributed by atoms with Crippen LogP contribution in [0.5, 0.6) is 0 Å². The number of hydrogen-bond donors (Lipinski definition) is 2. The Labute approximate surface area is 116 Å². The molecule has 1 heterocycles. The zero-order valence-corrected chi connectivity index (χ0v) is 12.4. The minimum atomic E-state index is -3.75. The second kappa shape index (κ2) is 5.22. The Hall–Kier alpha value is -0.920. The Bertz CT molecular complexity index is 578. The minimum absolute atomic E-state index is 0.110. The molecule has 0 radical (unpaired) electrons. The molecule has 5 nitrogen and oxygen atoms in total. The molecule has 0 aromatic carbocycles. The summed E-state index contributed by atoms with van der Waals surface area (Å²) < 4.78 is 27.2. The van der Waals surface area contributed by atoms with Gasteiger partial charge >= 0.3 is 5.97 Å². The van der Waals surface area contributed by atoms with E-state index >= 15 is 0 Å². The van der Waals surface area contributed by atoms with Gasteiger partial charge in [0.25, 0.3) is 0 Å². The Morgan fingerprint density at radius 1 is 1.42 bits per heavy atom. The van der Waals surface area contributed by atoms with Crippen LogP contribution in [0.3, 0.4) is 0 Å². The number of carboxylic acid groups (broad SMARTS) is 1. The smallest absolute Gasteiger partial charge is 0.347 e. The molecule has 2 N–H and O–H groups in total. The quantitative estimate of drug-likeness (QED) is 0.893. The third kappa shape index (κ3) is 2.82. The maximum Gasteiger partial charge on any atom is 0.347 e. The number of nitrogens with one attached hydrogen (secondary N) is 1. The maximum absolute atomic E-state index is 12.3. The van der Waals surface area contributed by atoms with E-state index in [1.165, 1.54) is 11.4 Å². The molecule has 7 heteroatoms. The molecular formula is C12H17NO4S2. The van der Waals surface area contributed by atoms with E-state index in [4.69, 9.17) is 5.11 Å². The van der Waals surface area contributed by atoms with E-state index in [0.29, 0.717) is 5.92 Å². The van der Waals surface area contributed by atoms with Crippen LogP contribution in [0, 0.1) is 11.8 Å². The molecule has 2 rings (SSSR count). The van der Waals surface area contributed by atoms with E-state index in [1.807, 2.05) is 6.92 Å². The van der Waals surface area contributed by atoms with Gasteiger partial charge in [-0.15, -0.1) is 11.3 Å². The molecule has 1 fully saturated rings. The van der Waals surface area contributed by atoms with Crippen LogP contribution in [-0.2, 0) is 10.0 Å². The van der Waals surface area contributed by atoms with Crippen molar-refractivity contribution in [3.05, 3.63) is 16.3 Å². The number of sulfonamides is 1. The van der Waals surface area contributed by atoms with E-state index in [1.54, 1.807) is 0 Å². The fraction of sp³-hybridized carbons (Fsp3) is 0.583. The number of hydrogen-bond acceptors (Lipinski definition) is 4. The molecule has 3 unspecified atom stereocenters. The minimum Gasteiger partial charge on any atom is -0.477 e. The first-order chi connectivity index (χ1) is 8.83. The average molecular weight is 303 g/mol. The highest BCUT2D eigenvalue weighted by molar-refractivity contribution is 7.89. The standard InChI is InChI=1S/C12H17NO4S2/c1-7-3-4-9(8(7)2)13-19(16,17)10-5-6-18-11(10)12(14)15/h5-9,13H,3-4H2,1-2H3,(H,14,15). The molecule has 1 aromatic heterocycles. The lowest BCUT2D eigenvalue weighted by Crippen LogP contribution is -2.37. The monoisotopic (exact) mass is 303 g/mol. The first kappa shape index (κ1) is 14.5.